The lowest BCUT2D eigenvalue weighted by atomic mass is 10.3. The maximum atomic E-state index is 11.4. The van der Waals surface area contributed by atoms with Gasteiger partial charge in [0.1, 0.15) is 5.76 Å². The van der Waals surface area contributed by atoms with Crippen molar-refractivity contribution in [3.63, 3.8) is 0 Å². The van der Waals surface area contributed by atoms with Gasteiger partial charge in [-0.1, -0.05) is 6.08 Å². The number of hydrogen-bond donors (Lipinski definition) is 0. The second-order valence-electron chi connectivity index (χ2n) is 2.82. The van der Waals surface area contributed by atoms with Gasteiger partial charge < -0.3 is 9.32 Å². The van der Waals surface area contributed by atoms with Gasteiger partial charge in [-0.2, -0.15) is 0 Å². The number of likely N-dealkylation sites (N-methyl/N-ethyl adjacent to an activating group) is 1. The summed E-state index contributed by atoms with van der Waals surface area (Å²) in [6.07, 6.45) is 3.58. The zero-order chi connectivity index (χ0) is 9.68. The number of hydrogen-bond acceptors (Lipinski definition) is 2. The molecule has 1 aromatic rings. The van der Waals surface area contributed by atoms with Crippen LogP contribution in [0.25, 0.3) is 0 Å². The average Bonchev–Trinajstić information content (AvgIpc) is 2.57. The minimum absolute atomic E-state index is 0.0369. The summed E-state index contributed by atoms with van der Waals surface area (Å²) < 4.78 is 5.06. The van der Waals surface area contributed by atoms with Crippen molar-refractivity contribution in [1.29, 1.82) is 0 Å². The monoisotopic (exact) mass is 179 g/mol. The highest BCUT2D eigenvalue weighted by Crippen LogP contribution is 2.02. The Labute approximate surface area is 77.6 Å². The minimum atomic E-state index is 0.0369. The third-order valence-corrected chi connectivity index (χ3v) is 1.73. The van der Waals surface area contributed by atoms with Crippen LogP contribution >= 0.6 is 0 Å². The van der Waals surface area contributed by atoms with Crippen LogP contribution in [0.3, 0.4) is 0 Å². The number of carbonyl (C=O) groups is 1. The zero-order valence-corrected chi connectivity index (χ0v) is 7.69. The highest BCUT2D eigenvalue weighted by atomic mass is 16.3. The van der Waals surface area contributed by atoms with Gasteiger partial charge in [0.2, 0.25) is 5.91 Å². The van der Waals surface area contributed by atoms with Crippen LogP contribution in [0, 0.1) is 0 Å². The largest absolute Gasteiger partial charge is 0.469 e. The van der Waals surface area contributed by atoms with Crippen LogP contribution in [-0.2, 0) is 11.2 Å². The van der Waals surface area contributed by atoms with E-state index in [2.05, 4.69) is 6.58 Å². The Morgan fingerprint density at radius 3 is 3.08 bits per heavy atom. The van der Waals surface area contributed by atoms with Crippen LogP contribution in [0.5, 0.6) is 0 Å². The summed E-state index contributed by atoms with van der Waals surface area (Å²) in [5, 5.41) is 0. The van der Waals surface area contributed by atoms with E-state index in [1.807, 2.05) is 0 Å². The molecule has 1 amide bonds. The first-order chi connectivity index (χ1) is 6.24. The molecule has 0 N–H and O–H groups in total. The summed E-state index contributed by atoms with van der Waals surface area (Å²) in [4.78, 5) is 13.0. The molecule has 0 aliphatic carbocycles. The fraction of sp³-hybridized carbons (Fsp3) is 0.300. The van der Waals surface area contributed by atoms with Gasteiger partial charge in [0, 0.05) is 13.6 Å². The summed E-state index contributed by atoms with van der Waals surface area (Å²) >= 11 is 0. The molecule has 1 aromatic heterocycles. The Hall–Kier alpha value is -1.51. The van der Waals surface area contributed by atoms with Crippen molar-refractivity contribution in [2.24, 2.45) is 0 Å². The minimum Gasteiger partial charge on any atom is -0.469 e. The lowest BCUT2D eigenvalue weighted by molar-refractivity contribution is -0.128. The third kappa shape index (κ3) is 2.78. The van der Waals surface area contributed by atoms with Crippen molar-refractivity contribution in [2.45, 2.75) is 6.42 Å². The molecule has 1 rings (SSSR count). The Morgan fingerprint density at radius 2 is 2.54 bits per heavy atom. The second kappa shape index (κ2) is 4.50. The molecule has 3 heteroatoms. The lowest BCUT2D eigenvalue weighted by Gasteiger charge is -2.13. The van der Waals surface area contributed by atoms with Crippen LogP contribution in [-0.4, -0.2) is 24.4 Å². The Balaban J connectivity index is 2.45. The number of amides is 1. The lowest BCUT2D eigenvalue weighted by Crippen LogP contribution is -2.27. The maximum absolute atomic E-state index is 11.4. The first kappa shape index (κ1) is 9.58. The smallest absolute Gasteiger partial charge is 0.230 e. The van der Waals surface area contributed by atoms with E-state index in [0.29, 0.717) is 18.7 Å². The fourth-order valence-corrected chi connectivity index (χ4v) is 0.993. The predicted molar refractivity (Wildman–Crippen MR) is 50.2 cm³/mol. The fourth-order valence-electron chi connectivity index (χ4n) is 0.993. The van der Waals surface area contributed by atoms with E-state index in [9.17, 15) is 4.79 Å². The summed E-state index contributed by atoms with van der Waals surface area (Å²) in [5.41, 5.74) is 0. The number of nitrogens with zero attached hydrogens (tertiary/aromatic N) is 1. The number of carbonyl (C=O) groups excluding carboxylic acids is 1. The van der Waals surface area contributed by atoms with Gasteiger partial charge in [0.05, 0.1) is 12.7 Å². The molecule has 0 saturated heterocycles. The van der Waals surface area contributed by atoms with E-state index in [1.165, 1.54) is 0 Å². The summed E-state index contributed by atoms with van der Waals surface area (Å²) in [5.74, 6) is 0.732. The molecule has 0 spiro atoms. The van der Waals surface area contributed by atoms with Crippen molar-refractivity contribution < 1.29 is 9.21 Å². The molecule has 0 saturated carbocycles. The average molecular weight is 179 g/mol. The summed E-state index contributed by atoms with van der Waals surface area (Å²) in [6.45, 7) is 4.13. The molecule has 1 heterocycles. The summed E-state index contributed by atoms with van der Waals surface area (Å²) in [7, 11) is 1.74. The first-order valence-electron chi connectivity index (χ1n) is 4.11. The molecular weight excluding hydrogens is 166 g/mol. The molecule has 0 unspecified atom stereocenters. The number of furan rings is 1. The van der Waals surface area contributed by atoms with E-state index in [1.54, 1.807) is 36.4 Å². The van der Waals surface area contributed by atoms with Crippen molar-refractivity contribution in [3.05, 3.63) is 36.8 Å². The zero-order valence-electron chi connectivity index (χ0n) is 7.69. The molecule has 70 valence electrons. The Morgan fingerprint density at radius 1 is 1.77 bits per heavy atom. The Kier molecular flexibility index (Phi) is 3.31. The van der Waals surface area contributed by atoms with Gasteiger partial charge in [-0.25, -0.2) is 0 Å². The van der Waals surface area contributed by atoms with Gasteiger partial charge in [-0.05, 0) is 12.1 Å². The van der Waals surface area contributed by atoms with E-state index in [0.717, 1.165) is 0 Å². The maximum Gasteiger partial charge on any atom is 0.230 e. The molecule has 0 fully saturated rings. The third-order valence-electron chi connectivity index (χ3n) is 1.73. The molecule has 0 radical (unpaired) electrons. The first-order valence-corrected chi connectivity index (χ1v) is 4.11. The quantitative estimate of drug-likeness (QED) is 0.656. The SMILES string of the molecule is C=CCN(C)C(=O)Cc1ccco1. The van der Waals surface area contributed by atoms with Gasteiger partial charge in [-0.3, -0.25) is 4.79 Å². The van der Waals surface area contributed by atoms with E-state index < -0.39 is 0 Å². The van der Waals surface area contributed by atoms with Gasteiger partial charge in [-0.15, -0.1) is 6.58 Å². The van der Waals surface area contributed by atoms with Crippen LogP contribution < -0.4 is 0 Å². The number of rotatable bonds is 4. The molecule has 3 nitrogen and oxygen atoms in total. The van der Waals surface area contributed by atoms with Crippen molar-refractivity contribution in [3.8, 4) is 0 Å². The van der Waals surface area contributed by atoms with Crippen LogP contribution in [0.2, 0.25) is 0 Å². The molecular formula is C10H13NO2. The molecule has 0 atom stereocenters. The normalized spacial score (nSPS) is 9.62. The van der Waals surface area contributed by atoms with Crippen LogP contribution in [0.15, 0.2) is 35.5 Å². The van der Waals surface area contributed by atoms with Crippen molar-refractivity contribution in [2.75, 3.05) is 13.6 Å². The van der Waals surface area contributed by atoms with Gasteiger partial charge in [0.25, 0.3) is 0 Å². The molecule has 0 aromatic carbocycles. The van der Waals surface area contributed by atoms with Crippen LogP contribution in [0.1, 0.15) is 5.76 Å². The van der Waals surface area contributed by atoms with Crippen molar-refractivity contribution >= 4 is 5.91 Å². The Bertz CT molecular complexity index is 277. The van der Waals surface area contributed by atoms with Gasteiger partial charge >= 0.3 is 0 Å². The molecule has 0 aliphatic heterocycles. The second-order valence-corrected chi connectivity index (χ2v) is 2.82. The predicted octanol–water partition coefficient (Wildman–Crippen LogP) is 1.47. The van der Waals surface area contributed by atoms with E-state index in [-0.39, 0.29) is 5.91 Å². The van der Waals surface area contributed by atoms with Crippen LogP contribution in [0.4, 0.5) is 0 Å². The highest BCUT2D eigenvalue weighted by Gasteiger charge is 2.09. The van der Waals surface area contributed by atoms with Crippen molar-refractivity contribution in [1.82, 2.24) is 4.90 Å². The van der Waals surface area contributed by atoms with Gasteiger partial charge in [0.15, 0.2) is 0 Å². The van der Waals surface area contributed by atoms with E-state index >= 15 is 0 Å². The topological polar surface area (TPSA) is 33.5 Å². The molecule has 13 heavy (non-hydrogen) atoms. The standard InChI is InChI=1S/C10H13NO2/c1-3-6-11(2)10(12)8-9-5-4-7-13-9/h3-5,7H,1,6,8H2,2H3. The molecule has 0 bridgehead atoms. The summed E-state index contributed by atoms with van der Waals surface area (Å²) in [6, 6.07) is 3.57. The molecule has 0 aliphatic rings. The van der Waals surface area contributed by atoms with E-state index in [4.69, 9.17) is 4.42 Å². The highest BCUT2D eigenvalue weighted by molar-refractivity contribution is 5.77.